The molecule has 0 aliphatic carbocycles. The molecule has 1 aliphatic heterocycles. The summed E-state index contributed by atoms with van der Waals surface area (Å²) in [5, 5.41) is 26.6. The number of para-hydroxylation sites is 2. The first-order valence-corrected chi connectivity index (χ1v) is 19.7. The molecule has 0 saturated carbocycles. The first kappa shape index (κ1) is 41.3. The Morgan fingerprint density at radius 3 is 2.19 bits per heavy atom. The molecule has 1 saturated heterocycles. The van der Waals surface area contributed by atoms with Gasteiger partial charge in [-0.05, 0) is 78.4 Å². The lowest BCUT2D eigenvalue weighted by Crippen LogP contribution is -2.43. The normalized spacial score (nSPS) is 17.8. The summed E-state index contributed by atoms with van der Waals surface area (Å²) in [7, 11) is 2.01. The first-order chi connectivity index (χ1) is 27.7. The third kappa shape index (κ3) is 11.6. The van der Waals surface area contributed by atoms with Gasteiger partial charge in [0.25, 0.3) is 0 Å². The molecule has 2 amide bonds. The van der Waals surface area contributed by atoms with Crippen molar-refractivity contribution in [1.29, 1.82) is 0 Å². The lowest BCUT2D eigenvalue weighted by atomic mass is 9.98. The van der Waals surface area contributed by atoms with Gasteiger partial charge in [-0.15, -0.1) is 0 Å². The maximum Gasteiger partial charge on any atom is 0.224 e. The molecule has 1 aliphatic rings. The number of nitrogens with two attached hydrogens (primary N) is 1. The second-order valence-electron chi connectivity index (χ2n) is 14.8. The van der Waals surface area contributed by atoms with Gasteiger partial charge in [-0.25, -0.2) is 0 Å². The van der Waals surface area contributed by atoms with Gasteiger partial charge >= 0.3 is 0 Å². The Balaban J connectivity index is 1.04. The van der Waals surface area contributed by atoms with Crippen molar-refractivity contribution in [2.24, 2.45) is 0 Å². The standard InChI is InChI=1S/C47H54N4O6/c1-32(46(55)37-12-4-3-5-13-37)51(2)30-40-28-43(36-21-19-33(31-52)20-22-36)57-47(56-40)38-25-23-35(24-26-38)39-14-10-11-34(27-39)29-49-44(53)17-8-9-18-45(54)50-42-16-7-6-15-41(42)48/h3-7,10-16,19-27,32,40,43,46-47,52,55H,8-9,17-18,28-31,48H2,1-2H3,(H,49,53)(H,50,54)/t32-,40-,43+,46-,47+/m1/s1. The number of anilines is 2. The quantitative estimate of drug-likeness (QED) is 0.0475. The van der Waals surface area contributed by atoms with Crippen LogP contribution in [0.2, 0.25) is 0 Å². The number of rotatable bonds is 17. The van der Waals surface area contributed by atoms with E-state index >= 15 is 0 Å². The van der Waals surface area contributed by atoms with Crippen LogP contribution in [0.15, 0.2) is 127 Å². The number of amides is 2. The number of nitrogens with zero attached hydrogens (tertiary/aromatic N) is 1. The summed E-state index contributed by atoms with van der Waals surface area (Å²) in [5.41, 5.74) is 13.7. The second kappa shape index (κ2) is 20.2. The fraction of sp³-hybridized carbons (Fsp3) is 0.319. The van der Waals surface area contributed by atoms with Crippen LogP contribution in [0.3, 0.4) is 0 Å². The number of carbonyl (C=O) groups is 2. The van der Waals surface area contributed by atoms with E-state index in [1.807, 2.05) is 111 Å². The van der Waals surface area contributed by atoms with Crippen molar-refractivity contribution in [2.45, 2.75) is 82.8 Å². The molecular weight excluding hydrogens is 717 g/mol. The van der Waals surface area contributed by atoms with Gasteiger partial charge in [0.2, 0.25) is 11.8 Å². The molecule has 1 fully saturated rings. The number of aliphatic hydroxyl groups excluding tert-OH is 2. The molecule has 6 rings (SSSR count). The summed E-state index contributed by atoms with van der Waals surface area (Å²) in [4.78, 5) is 27.0. The van der Waals surface area contributed by atoms with Gasteiger partial charge in [-0.1, -0.05) is 109 Å². The van der Waals surface area contributed by atoms with Crippen molar-refractivity contribution < 1.29 is 29.3 Å². The largest absolute Gasteiger partial charge is 0.397 e. The van der Waals surface area contributed by atoms with Crippen LogP contribution in [0.5, 0.6) is 0 Å². The van der Waals surface area contributed by atoms with Crippen LogP contribution < -0.4 is 16.4 Å². The van der Waals surface area contributed by atoms with Gasteiger partial charge in [-0.2, -0.15) is 0 Å². The van der Waals surface area contributed by atoms with Gasteiger partial charge < -0.3 is 36.1 Å². The highest BCUT2D eigenvalue weighted by Gasteiger charge is 2.34. The second-order valence-corrected chi connectivity index (χ2v) is 14.8. The Morgan fingerprint density at radius 2 is 1.47 bits per heavy atom. The zero-order chi connectivity index (χ0) is 40.1. The number of ether oxygens (including phenoxy) is 2. The van der Waals surface area contributed by atoms with Gasteiger partial charge in [-0.3, -0.25) is 14.5 Å². The van der Waals surface area contributed by atoms with Crippen molar-refractivity contribution in [3.05, 3.63) is 155 Å². The average molecular weight is 771 g/mol. The van der Waals surface area contributed by atoms with E-state index in [4.69, 9.17) is 15.2 Å². The van der Waals surface area contributed by atoms with E-state index in [2.05, 4.69) is 33.7 Å². The number of nitrogen functional groups attached to an aromatic ring is 1. The fourth-order valence-corrected chi connectivity index (χ4v) is 7.07. The fourth-order valence-electron chi connectivity index (χ4n) is 7.07. The third-order valence-electron chi connectivity index (χ3n) is 10.6. The summed E-state index contributed by atoms with van der Waals surface area (Å²) in [5.74, 6) is -0.177. The maximum atomic E-state index is 12.6. The number of unbranched alkanes of at least 4 members (excludes halogenated alkanes) is 1. The van der Waals surface area contributed by atoms with Crippen LogP contribution in [-0.4, -0.2) is 52.7 Å². The molecule has 10 heteroatoms. The molecule has 0 radical (unpaired) electrons. The zero-order valence-electron chi connectivity index (χ0n) is 32.7. The molecule has 5 aromatic carbocycles. The van der Waals surface area contributed by atoms with Crippen molar-refractivity contribution in [3.8, 4) is 11.1 Å². The minimum atomic E-state index is -0.645. The molecule has 1 heterocycles. The van der Waals surface area contributed by atoms with Gasteiger partial charge in [0.05, 0.1) is 36.3 Å². The zero-order valence-corrected chi connectivity index (χ0v) is 32.7. The Morgan fingerprint density at radius 1 is 0.789 bits per heavy atom. The van der Waals surface area contributed by atoms with Crippen molar-refractivity contribution >= 4 is 23.2 Å². The van der Waals surface area contributed by atoms with Crippen molar-refractivity contribution in [2.75, 3.05) is 24.6 Å². The Hall–Kier alpha value is -5.36. The van der Waals surface area contributed by atoms with Crippen LogP contribution in [0, 0.1) is 0 Å². The summed E-state index contributed by atoms with van der Waals surface area (Å²) < 4.78 is 13.2. The molecule has 298 valence electrons. The predicted octanol–water partition coefficient (Wildman–Crippen LogP) is 7.84. The average Bonchev–Trinajstić information content (AvgIpc) is 3.25. The highest BCUT2D eigenvalue weighted by molar-refractivity contribution is 5.93. The smallest absolute Gasteiger partial charge is 0.224 e. The number of hydrogen-bond donors (Lipinski definition) is 5. The molecule has 0 bridgehead atoms. The molecule has 5 aromatic rings. The molecule has 57 heavy (non-hydrogen) atoms. The van der Waals surface area contributed by atoms with Crippen molar-refractivity contribution in [3.63, 3.8) is 0 Å². The van der Waals surface area contributed by atoms with Gasteiger partial charge in [0, 0.05) is 44.0 Å². The summed E-state index contributed by atoms with van der Waals surface area (Å²) in [6, 6.07) is 40.8. The molecular formula is C47H54N4O6. The molecule has 5 atom stereocenters. The summed E-state index contributed by atoms with van der Waals surface area (Å²) in [6.07, 6.45) is 0.846. The van der Waals surface area contributed by atoms with Crippen LogP contribution >= 0.6 is 0 Å². The SMILES string of the molecule is C[C@H]([C@@H](O)c1ccccc1)N(C)C[C@H]1C[C@@H](c2ccc(CO)cc2)O[C@@H](c2ccc(-c3cccc(CNC(=O)CCCCC(=O)Nc4ccccc4N)c3)cc2)O1. The molecule has 0 aromatic heterocycles. The van der Waals surface area contributed by atoms with E-state index in [-0.39, 0.29) is 36.7 Å². The summed E-state index contributed by atoms with van der Waals surface area (Å²) >= 11 is 0. The van der Waals surface area contributed by atoms with Gasteiger partial charge in [0.15, 0.2) is 6.29 Å². The number of likely N-dealkylation sites (N-methyl/N-ethyl adjacent to an activating group) is 1. The Bertz CT molecular complexity index is 2040. The van der Waals surface area contributed by atoms with E-state index in [9.17, 15) is 19.8 Å². The van der Waals surface area contributed by atoms with E-state index in [0.29, 0.717) is 56.6 Å². The van der Waals surface area contributed by atoms with Crippen LogP contribution in [-0.2, 0) is 32.2 Å². The molecule has 0 spiro atoms. The maximum absolute atomic E-state index is 12.6. The minimum absolute atomic E-state index is 0.0218. The van der Waals surface area contributed by atoms with E-state index in [0.717, 1.165) is 38.9 Å². The summed E-state index contributed by atoms with van der Waals surface area (Å²) in [6.45, 7) is 3.00. The highest BCUT2D eigenvalue weighted by Crippen LogP contribution is 2.39. The van der Waals surface area contributed by atoms with Gasteiger partial charge in [0.1, 0.15) is 0 Å². The predicted molar refractivity (Wildman–Crippen MR) is 224 cm³/mol. The van der Waals surface area contributed by atoms with Crippen LogP contribution in [0.1, 0.15) is 85.3 Å². The highest BCUT2D eigenvalue weighted by atomic mass is 16.7. The topological polar surface area (TPSA) is 146 Å². The number of nitrogens with one attached hydrogen (secondary N) is 2. The van der Waals surface area contributed by atoms with Crippen LogP contribution in [0.25, 0.3) is 11.1 Å². The Kier molecular flexibility index (Phi) is 14.6. The monoisotopic (exact) mass is 770 g/mol. The number of aliphatic hydroxyl groups is 2. The van der Waals surface area contributed by atoms with E-state index < -0.39 is 12.4 Å². The molecule has 6 N–H and O–H groups in total. The number of hydrogen-bond acceptors (Lipinski definition) is 8. The Labute approximate surface area is 335 Å². The van der Waals surface area contributed by atoms with Crippen LogP contribution in [0.4, 0.5) is 11.4 Å². The lowest BCUT2D eigenvalue weighted by molar-refractivity contribution is -0.253. The number of carbonyl (C=O) groups excluding carboxylic acids is 2. The van der Waals surface area contributed by atoms with E-state index in [1.54, 1.807) is 12.1 Å². The third-order valence-corrected chi connectivity index (χ3v) is 10.6. The molecule has 10 nitrogen and oxygen atoms in total. The lowest BCUT2D eigenvalue weighted by Gasteiger charge is -2.39. The van der Waals surface area contributed by atoms with E-state index in [1.165, 1.54) is 0 Å². The minimum Gasteiger partial charge on any atom is -0.397 e. The number of benzene rings is 5. The first-order valence-electron chi connectivity index (χ1n) is 19.7. The van der Waals surface area contributed by atoms with Crippen molar-refractivity contribution in [1.82, 2.24) is 10.2 Å². The molecule has 0 unspecified atom stereocenters.